The van der Waals surface area contributed by atoms with Crippen LogP contribution in [0.25, 0.3) is 22.3 Å². The Labute approximate surface area is 202 Å². The minimum absolute atomic E-state index is 0.156. The zero-order valence-electron chi connectivity index (χ0n) is 20.3. The number of hydrogen-bond donors (Lipinski definition) is 1. The van der Waals surface area contributed by atoms with Crippen molar-refractivity contribution in [1.82, 2.24) is 9.55 Å². The summed E-state index contributed by atoms with van der Waals surface area (Å²) in [7, 11) is 0. The Bertz CT molecular complexity index is 1450. The molecule has 0 saturated heterocycles. The Balaban J connectivity index is 1.66. The Hall–Kier alpha value is -3.52. The monoisotopic (exact) mass is 476 g/mol. The molecule has 35 heavy (non-hydrogen) atoms. The van der Waals surface area contributed by atoms with E-state index in [9.17, 15) is 19.5 Å². The van der Waals surface area contributed by atoms with E-state index >= 15 is 0 Å². The van der Waals surface area contributed by atoms with Crippen molar-refractivity contribution < 1.29 is 24.2 Å². The average molecular weight is 477 g/mol. The van der Waals surface area contributed by atoms with Gasteiger partial charge in [0.05, 0.1) is 29.6 Å². The second-order valence-corrected chi connectivity index (χ2v) is 9.42. The van der Waals surface area contributed by atoms with Gasteiger partial charge < -0.3 is 19.1 Å². The van der Waals surface area contributed by atoms with Gasteiger partial charge in [-0.2, -0.15) is 0 Å². The Morgan fingerprint density at radius 3 is 2.63 bits per heavy atom. The lowest BCUT2D eigenvalue weighted by atomic mass is 9.77. The van der Waals surface area contributed by atoms with Gasteiger partial charge in [-0.25, -0.2) is 9.78 Å². The highest BCUT2D eigenvalue weighted by Gasteiger charge is 2.43. The maximum atomic E-state index is 13.5. The van der Waals surface area contributed by atoms with E-state index in [1.807, 2.05) is 6.92 Å². The molecule has 3 aromatic rings. The molecule has 8 heteroatoms. The standard InChI is InChI=1S/C27H28N2O6/c1-5-16-18-11-15(35-26(32)34-14(3)4)7-9-21(18)28-24-19(16)13-29-22(24)12-20-17(25(29)31)8-10-23(30)27(20,33)6-2/h7,9,11-12,14,33H,5-6,8,10,13H2,1-4H3/t27-/m0/s1. The van der Waals surface area contributed by atoms with E-state index in [2.05, 4.69) is 0 Å². The summed E-state index contributed by atoms with van der Waals surface area (Å²) in [6.07, 6.45) is 0.318. The van der Waals surface area contributed by atoms with Gasteiger partial charge in [-0.3, -0.25) is 9.59 Å². The second-order valence-electron chi connectivity index (χ2n) is 9.42. The summed E-state index contributed by atoms with van der Waals surface area (Å²) in [4.78, 5) is 42.9. The molecule has 182 valence electrons. The molecule has 0 unspecified atom stereocenters. The summed E-state index contributed by atoms with van der Waals surface area (Å²) >= 11 is 0. The molecule has 1 N–H and O–H groups in total. The van der Waals surface area contributed by atoms with Gasteiger partial charge in [0, 0.05) is 28.5 Å². The van der Waals surface area contributed by atoms with Crippen molar-refractivity contribution in [2.24, 2.45) is 0 Å². The predicted octanol–water partition coefficient (Wildman–Crippen LogP) is 4.02. The van der Waals surface area contributed by atoms with E-state index in [1.54, 1.807) is 49.6 Å². The number of carbonyl (C=O) groups is 2. The quantitative estimate of drug-likeness (QED) is 0.350. The average Bonchev–Trinajstić information content (AvgIpc) is 3.18. The zero-order chi connectivity index (χ0) is 25.1. The van der Waals surface area contributed by atoms with E-state index in [-0.39, 0.29) is 30.3 Å². The summed E-state index contributed by atoms with van der Waals surface area (Å²) in [5.74, 6) is 0.105. The number of Topliss-reactive ketones (excluding diaryl/α,β-unsaturated/α-hetero) is 1. The van der Waals surface area contributed by atoms with E-state index in [1.165, 1.54) is 0 Å². The lowest BCUT2D eigenvalue weighted by Crippen LogP contribution is -2.43. The molecule has 1 aliphatic heterocycles. The van der Waals surface area contributed by atoms with E-state index in [0.29, 0.717) is 53.2 Å². The third kappa shape index (κ3) is 3.55. The van der Waals surface area contributed by atoms with Crippen LogP contribution in [0.3, 0.4) is 0 Å². The highest BCUT2D eigenvalue weighted by molar-refractivity contribution is 5.92. The van der Waals surface area contributed by atoms with E-state index < -0.39 is 11.8 Å². The molecule has 1 aliphatic carbocycles. The first kappa shape index (κ1) is 23.2. The molecule has 3 heterocycles. The van der Waals surface area contributed by atoms with Crippen LogP contribution in [0, 0.1) is 0 Å². The second kappa shape index (κ2) is 8.30. The number of aliphatic hydroxyl groups is 1. The van der Waals surface area contributed by atoms with Gasteiger partial charge in [-0.15, -0.1) is 0 Å². The van der Waals surface area contributed by atoms with E-state index in [4.69, 9.17) is 14.5 Å². The van der Waals surface area contributed by atoms with Gasteiger partial charge in [-0.1, -0.05) is 13.8 Å². The third-order valence-electron chi connectivity index (χ3n) is 7.04. The molecule has 0 fully saturated rings. The molecule has 1 atom stereocenters. The molecule has 0 spiro atoms. The molecule has 0 saturated carbocycles. The third-order valence-corrected chi connectivity index (χ3v) is 7.04. The lowest BCUT2D eigenvalue weighted by Gasteiger charge is -2.32. The summed E-state index contributed by atoms with van der Waals surface area (Å²) in [6.45, 7) is 7.64. The fraction of sp³-hybridized carbons (Fsp3) is 0.407. The number of nitrogens with zero attached hydrogens (tertiary/aromatic N) is 2. The van der Waals surface area contributed by atoms with Crippen LogP contribution in [0.1, 0.15) is 62.8 Å². The topological polar surface area (TPSA) is 108 Å². The van der Waals surface area contributed by atoms with Crippen LogP contribution < -0.4 is 10.3 Å². The zero-order valence-corrected chi connectivity index (χ0v) is 20.3. The van der Waals surface area contributed by atoms with Crippen LogP contribution in [0.2, 0.25) is 0 Å². The van der Waals surface area contributed by atoms with Crippen molar-refractivity contribution in [2.75, 3.05) is 0 Å². The Kier molecular flexibility index (Phi) is 5.51. The van der Waals surface area contributed by atoms with Gasteiger partial charge in [0.2, 0.25) is 0 Å². The van der Waals surface area contributed by atoms with Crippen LogP contribution in [0.5, 0.6) is 5.75 Å². The maximum absolute atomic E-state index is 13.5. The molecule has 0 bridgehead atoms. The molecule has 5 rings (SSSR count). The van der Waals surface area contributed by atoms with Gasteiger partial charge >= 0.3 is 6.16 Å². The lowest BCUT2D eigenvalue weighted by molar-refractivity contribution is -0.140. The highest BCUT2D eigenvalue weighted by Crippen LogP contribution is 2.41. The number of fused-ring (bicyclic) bond motifs is 5. The number of aryl methyl sites for hydroxylation is 1. The van der Waals surface area contributed by atoms with Crippen LogP contribution in [-0.2, 0) is 34.5 Å². The summed E-state index contributed by atoms with van der Waals surface area (Å²) < 4.78 is 12.1. The van der Waals surface area contributed by atoms with Crippen molar-refractivity contribution >= 4 is 22.8 Å². The van der Waals surface area contributed by atoms with Gasteiger partial charge in [-0.05, 0) is 62.9 Å². The minimum atomic E-state index is -1.65. The van der Waals surface area contributed by atoms with E-state index in [0.717, 1.165) is 16.5 Å². The number of ketones is 1. The fourth-order valence-electron chi connectivity index (χ4n) is 5.30. The van der Waals surface area contributed by atoms with Gasteiger partial charge in [0.1, 0.15) is 11.4 Å². The SMILES string of the molecule is CCc1c2c(nc3ccc(OC(=O)OC(C)C)cc13)-c1cc3c(c(=O)n1C2)CCC(=O)[C@]3(O)CC. The fourth-order valence-corrected chi connectivity index (χ4v) is 5.30. The summed E-state index contributed by atoms with van der Waals surface area (Å²) in [5, 5.41) is 12.0. The molecule has 0 amide bonds. The number of ether oxygens (including phenoxy) is 2. The number of aromatic nitrogens is 2. The molecule has 1 aromatic carbocycles. The Morgan fingerprint density at radius 2 is 1.94 bits per heavy atom. The summed E-state index contributed by atoms with van der Waals surface area (Å²) in [6, 6.07) is 6.99. The molecule has 8 nitrogen and oxygen atoms in total. The van der Waals surface area contributed by atoms with Crippen LogP contribution in [0.4, 0.5) is 4.79 Å². The van der Waals surface area contributed by atoms with Gasteiger partial charge in [0.25, 0.3) is 5.56 Å². The van der Waals surface area contributed by atoms with Gasteiger partial charge in [0.15, 0.2) is 5.78 Å². The normalized spacial score (nSPS) is 18.4. The largest absolute Gasteiger partial charge is 0.514 e. The maximum Gasteiger partial charge on any atom is 0.514 e. The van der Waals surface area contributed by atoms with Crippen LogP contribution in [0.15, 0.2) is 29.1 Å². The predicted molar refractivity (Wildman–Crippen MR) is 130 cm³/mol. The first-order valence-corrected chi connectivity index (χ1v) is 12.0. The van der Waals surface area contributed by atoms with Crippen molar-refractivity contribution in [3.05, 3.63) is 56.9 Å². The first-order chi connectivity index (χ1) is 16.7. The number of pyridine rings is 2. The first-order valence-electron chi connectivity index (χ1n) is 12.0. The molecule has 2 aromatic heterocycles. The number of benzene rings is 1. The molecule has 2 aliphatic rings. The molecule has 0 radical (unpaired) electrons. The molecular formula is C27H28N2O6. The number of hydrogen-bond acceptors (Lipinski definition) is 7. The highest BCUT2D eigenvalue weighted by atomic mass is 16.7. The van der Waals surface area contributed by atoms with Crippen molar-refractivity contribution in [1.29, 1.82) is 0 Å². The Morgan fingerprint density at radius 1 is 1.17 bits per heavy atom. The molecular weight excluding hydrogens is 448 g/mol. The van der Waals surface area contributed by atoms with Crippen LogP contribution in [-0.4, -0.2) is 32.7 Å². The minimum Gasteiger partial charge on any atom is -0.431 e. The van der Waals surface area contributed by atoms with Crippen molar-refractivity contribution in [2.45, 2.75) is 71.6 Å². The van der Waals surface area contributed by atoms with Crippen LogP contribution >= 0.6 is 0 Å². The number of carbonyl (C=O) groups excluding carboxylic acids is 2. The van der Waals surface area contributed by atoms with Crippen molar-refractivity contribution in [3.8, 4) is 17.1 Å². The number of rotatable bonds is 4. The van der Waals surface area contributed by atoms with Crippen molar-refractivity contribution in [3.63, 3.8) is 0 Å². The smallest absolute Gasteiger partial charge is 0.431 e. The summed E-state index contributed by atoms with van der Waals surface area (Å²) in [5.41, 5.74) is 3.02.